The van der Waals surface area contributed by atoms with Crippen LogP contribution < -0.4 is 15.3 Å². The molecule has 1 aromatic heterocycles. The van der Waals surface area contributed by atoms with Gasteiger partial charge < -0.3 is 24.2 Å². The SMILES string of the molecule is C[C@@H]1CN(c2nc(=O)n3c4c(c(Br)c(Cl)cc24)OC[C@@H]3CN(C)C)[C@@H](C)CN1C(=O)OC(C)(C)C. The molecule has 0 saturated carbocycles. The highest BCUT2D eigenvalue weighted by Gasteiger charge is 2.37. The van der Waals surface area contributed by atoms with E-state index >= 15 is 0 Å². The summed E-state index contributed by atoms with van der Waals surface area (Å²) in [7, 11) is 3.93. The normalized spacial score (nSPS) is 22.5. The zero-order valence-electron chi connectivity index (χ0n) is 21.3. The summed E-state index contributed by atoms with van der Waals surface area (Å²) in [5.41, 5.74) is -0.215. The van der Waals surface area contributed by atoms with E-state index in [0.29, 0.717) is 52.8 Å². The molecular formula is C24H33BrClN5O4. The number of amides is 1. The Labute approximate surface area is 219 Å². The van der Waals surface area contributed by atoms with Gasteiger partial charge in [-0.05, 0) is 70.7 Å². The molecule has 2 aliphatic rings. The summed E-state index contributed by atoms with van der Waals surface area (Å²) in [6.07, 6.45) is -0.340. The maximum atomic E-state index is 13.4. The van der Waals surface area contributed by atoms with Crippen LogP contribution in [-0.2, 0) is 4.74 Å². The first-order chi connectivity index (χ1) is 16.3. The Balaban J connectivity index is 1.79. The molecule has 35 heavy (non-hydrogen) atoms. The second-order valence-electron chi connectivity index (χ2n) is 10.7. The van der Waals surface area contributed by atoms with Gasteiger partial charge >= 0.3 is 11.8 Å². The Morgan fingerprint density at radius 2 is 1.97 bits per heavy atom. The van der Waals surface area contributed by atoms with E-state index in [1.54, 1.807) is 9.47 Å². The number of rotatable bonds is 3. The van der Waals surface area contributed by atoms with Crippen molar-refractivity contribution in [1.82, 2.24) is 19.4 Å². The Hall–Kier alpha value is -2.04. The largest absolute Gasteiger partial charge is 0.488 e. The molecule has 11 heteroatoms. The van der Waals surface area contributed by atoms with Crippen molar-refractivity contribution in [2.24, 2.45) is 0 Å². The van der Waals surface area contributed by atoms with Crippen LogP contribution >= 0.6 is 27.5 Å². The van der Waals surface area contributed by atoms with Crippen LogP contribution in [-0.4, -0.2) is 83.5 Å². The number of hydrogen-bond donors (Lipinski definition) is 0. The van der Waals surface area contributed by atoms with Crippen LogP contribution in [0.25, 0.3) is 10.9 Å². The maximum absolute atomic E-state index is 13.4. The minimum atomic E-state index is -0.573. The van der Waals surface area contributed by atoms with Gasteiger partial charge in [0, 0.05) is 37.1 Å². The highest BCUT2D eigenvalue weighted by Crippen LogP contribution is 2.44. The van der Waals surface area contributed by atoms with E-state index in [2.05, 4.69) is 25.8 Å². The zero-order valence-corrected chi connectivity index (χ0v) is 23.6. The lowest BCUT2D eigenvalue weighted by Gasteiger charge is -2.45. The topological polar surface area (TPSA) is 80.1 Å². The number of aromatic nitrogens is 2. The van der Waals surface area contributed by atoms with Crippen LogP contribution in [0.3, 0.4) is 0 Å². The van der Waals surface area contributed by atoms with Crippen molar-refractivity contribution >= 4 is 50.3 Å². The molecule has 3 heterocycles. The number of nitrogens with zero attached hydrogens (tertiary/aromatic N) is 5. The van der Waals surface area contributed by atoms with E-state index < -0.39 is 5.60 Å². The average Bonchev–Trinajstić information content (AvgIpc) is 2.73. The molecule has 3 atom stereocenters. The van der Waals surface area contributed by atoms with E-state index in [-0.39, 0.29) is 29.9 Å². The third kappa shape index (κ3) is 4.97. The highest BCUT2D eigenvalue weighted by atomic mass is 79.9. The lowest BCUT2D eigenvalue weighted by atomic mass is 10.1. The van der Waals surface area contributed by atoms with E-state index in [1.807, 2.05) is 59.7 Å². The Kier molecular flexibility index (Phi) is 7.02. The van der Waals surface area contributed by atoms with E-state index in [4.69, 9.17) is 21.1 Å². The molecule has 1 fully saturated rings. The van der Waals surface area contributed by atoms with Gasteiger partial charge in [-0.1, -0.05) is 11.6 Å². The van der Waals surface area contributed by atoms with E-state index in [9.17, 15) is 9.59 Å². The molecule has 9 nitrogen and oxygen atoms in total. The molecule has 0 spiro atoms. The summed E-state index contributed by atoms with van der Waals surface area (Å²) in [6, 6.07) is 1.41. The van der Waals surface area contributed by atoms with Crippen molar-refractivity contribution in [3.05, 3.63) is 26.0 Å². The minimum Gasteiger partial charge on any atom is -0.488 e. The monoisotopic (exact) mass is 569 g/mol. The molecule has 2 aromatic rings. The Morgan fingerprint density at radius 1 is 1.29 bits per heavy atom. The summed E-state index contributed by atoms with van der Waals surface area (Å²) in [4.78, 5) is 36.6. The summed E-state index contributed by atoms with van der Waals surface area (Å²) < 4.78 is 14.1. The number of piperazine rings is 1. The lowest BCUT2D eigenvalue weighted by molar-refractivity contribution is 0.0130. The summed E-state index contributed by atoms with van der Waals surface area (Å²) in [5, 5.41) is 1.24. The minimum absolute atomic E-state index is 0.100. The fourth-order valence-electron chi connectivity index (χ4n) is 4.80. The molecule has 0 bridgehead atoms. The molecule has 1 saturated heterocycles. The van der Waals surface area contributed by atoms with Crippen LogP contribution in [0, 0.1) is 0 Å². The number of ether oxygens (including phenoxy) is 2. The molecule has 192 valence electrons. The number of carbonyl (C=O) groups is 1. The summed E-state index contributed by atoms with van der Waals surface area (Å²) >= 11 is 10.1. The van der Waals surface area contributed by atoms with Crippen molar-refractivity contribution < 1.29 is 14.3 Å². The second kappa shape index (κ2) is 9.44. The number of halogens is 2. The van der Waals surface area contributed by atoms with Gasteiger partial charge in [0.2, 0.25) is 0 Å². The first kappa shape index (κ1) is 26.0. The first-order valence-corrected chi connectivity index (χ1v) is 12.9. The van der Waals surface area contributed by atoms with Crippen LogP contribution in [0.4, 0.5) is 10.6 Å². The van der Waals surface area contributed by atoms with Gasteiger partial charge in [-0.25, -0.2) is 9.59 Å². The smallest absolute Gasteiger partial charge is 0.410 e. The fraction of sp³-hybridized carbons (Fsp3) is 0.625. The van der Waals surface area contributed by atoms with Gasteiger partial charge in [-0.3, -0.25) is 4.57 Å². The maximum Gasteiger partial charge on any atom is 0.410 e. The Morgan fingerprint density at radius 3 is 2.60 bits per heavy atom. The van der Waals surface area contributed by atoms with Gasteiger partial charge in [0.1, 0.15) is 23.5 Å². The van der Waals surface area contributed by atoms with Crippen molar-refractivity contribution in [3.63, 3.8) is 0 Å². The molecular weight excluding hydrogens is 538 g/mol. The molecule has 2 aliphatic heterocycles. The van der Waals surface area contributed by atoms with Crippen LogP contribution in [0.5, 0.6) is 5.75 Å². The van der Waals surface area contributed by atoms with E-state index in [1.165, 1.54) is 0 Å². The summed E-state index contributed by atoms with van der Waals surface area (Å²) in [6.45, 7) is 11.5. The Bertz CT molecular complexity index is 1210. The van der Waals surface area contributed by atoms with Gasteiger partial charge in [-0.2, -0.15) is 4.98 Å². The number of likely N-dealkylation sites (N-methyl/N-ethyl adjacent to an activating group) is 1. The van der Waals surface area contributed by atoms with E-state index in [0.717, 1.165) is 5.39 Å². The first-order valence-electron chi connectivity index (χ1n) is 11.8. The summed E-state index contributed by atoms with van der Waals surface area (Å²) in [5.74, 6) is 1.10. The van der Waals surface area contributed by atoms with Crippen LogP contribution in [0.15, 0.2) is 15.3 Å². The fourth-order valence-corrected chi connectivity index (χ4v) is 5.41. The number of hydrogen-bond acceptors (Lipinski definition) is 7. The number of anilines is 1. The van der Waals surface area contributed by atoms with Crippen molar-refractivity contribution in [2.75, 3.05) is 45.2 Å². The predicted molar refractivity (Wildman–Crippen MR) is 141 cm³/mol. The molecule has 1 aromatic carbocycles. The average molecular weight is 571 g/mol. The number of benzene rings is 1. The lowest BCUT2D eigenvalue weighted by Crippen LogP contribution is -2.59. The van der Waals surface area contributed by atoms with Gasteiger partial charge in [0.05, 0.1) is 15.5 Å². The standard InChI is InChI=1S/C24H33BrClN5O4/c1-13-10-30(23(33)35-24(3,4)5)14(2)9-29(13)21-16-8-17(26)18(25)20-19(16)31(22(32)27-21)15(12-34-20)11-28(6)7/h8,13-15H,9-12H2,1-7H3/t13-,14+,15-/m0/s1. The van der Waals surface area contributed by atoms with Crippen molar-refractivity contribution in [3.8, 4) is 5.75 Å². The molecule has 0 radical (unpaired) electrons. The van der Waals surface area contributed by atoms with Gasteiger partial charge in [0.25, 0.3) is 0 Å². The highest BCUT2D eigenvalue weighted by molar-refractivity contribution is 9.10. The van der Waals surface area contributed by atoms with Crippen molar-refractivity contribution in [2.45, 2.75) is 58.3 Å². The molecule has 4 rings (SSSR count). The quantitative estimate of drug-likeness (QED) is 0.549. The van der Waals surface area contributed by atoms with Gasteiger partial charge in [-0.15, -0.1) is 0 Å². The molecule has 0 aliphatic carbocycles. The van der Waals surface area contributed by atoms with Crippen LogP contribution in [0.2, 0.25) is 5.02 Å². The molecule has 0 unspecified atom stereocenters. The van der Waals surface area contributed by atoms with Gasteiger partial charge in [0.15, 0.2) is 5.75 Å². The molecule has 1 amide bonds. The second-order valence-corrected chi connectivity index (χ2v) is 11.9. The van der Waals surface area contributed by atoms with Crippen LogP contribution in [0.1, 0.15) is 40.7 Å². The third-order valence-electron chi connectivity index (χ3n) is 6.29. The molecule has 0 N–H and O–H groups in total. The number of carbonyl (C=O) groups excluding carboxylic acids is 1. The predicted octanol–water partition coefficient (Wildman–Crippen LogP) is 4.14. The van der Waals surface area contributed by atoms with Crippen molar-refractivity contribution in [1.29, 1.82) is 0 Å². The third-order valence-corrected chi connectivity index (χ3v) is 7.60. The zero-order chi connectivity index (χ0) is 25.8.